The van der Waals surface area contributed by atoms with Crippen LogP contribution >= 0.6 is 0 Å². The van der Waals surface area contributed by atoms with Crippen molar-refractivity contribution in [1.82, 2.24) is 9.88 Å². The molecule has 0 N–H and O–H groups in total. The molecule has 1 aromatic rings. The van der Waals surface area contributed by atoms with E-state index in [1.165, 1.54) is 0 Å². The number of nitro groups is 1. The summed E-state index contributed by atoms with van der Waals surface area (Å²) < 4.78 is 5.15. The fourth-order valence-corrected chi connectivity index (χ4v) is 2.51. The highest BCUT2D eigenvalue weighted by atomic mass is 16.6. The standard InChI is InChI=1S/C13H15N3O3/c17-16(18)13-7-15(11-8-19-9-11)6-3-12(13)10-1-4-14-5-2-10/h1-5,11,13H,6-9H2. The van der Waals surface area contributed by atoms with Gasteiger partial charge in [-0.25, -0.2) is 0 Å². The van der Waals surface area contributed by atoms with E-state index in [2.05, 4.69) is 9.88 Å². The smallest absolute Gasteiger partial charge is 0.250 e. The van der Waals surface area contributed by atoms with Crippen LogP contribution in [-0.2, 0) is 4.74 Å². The van der Waals surface area contributed by atoms with Crippen LogP contribution < -0.4 is 0 Å². The molecule has 1 atom stereocenters. The Morgan fingerprint density at radius 2 is 2.11 bits per heavy atom. The van der Waals surface area contributed by atoms with Crippen LogP contribution in [0.15, 0.2) is 30.6 Å². The van der Waals surface area contributed by atoms with E-state index in [0.29, 0.717) is 25.8 Å². The summed E-state index contributed by atoms with van der Waals surface area (Å²) in [5.41, 5.74) is 1.69. The number of hydrogen-bond donors (Lipinski definition) is 0. The summed E-state index contributed by atoms with van der Waals surface area (Å²) in [6, 6.07) is 3.31. The molecular weight excluding hydrogens is 246 g/mol. The number of nitrogens with zero attached hydrogens (tertiary/aromatic N) is 3. The van der Waals surface area contributed by atoms with Gasteiger partial charge < -0.3 is 4.74 Å². The second-order valence-electron chi connectivity index (χ2n) is 4.84. The first-order valence-corrected chi connectivity index (χ1v) is 6.31. The van der Waals surface area contributed by atoms with Gasteiger partial charge >= 0.3 is 0 Å². The molecule has 1 aromatic heterocycles. The number of aromatic nitrogens is 1. The van der Waals surface area contributed by atoms with Crippen molar-refractivity contribution in [2.24, 2.45) is 0 Å². The van der Waals surface area contributed by atoms with Crippen molar-refractivity contribution in [2.75, 3.05) is 26.3 Å². The fourth-order valence-electron chi connectivity index (χ4n) is 2.51. The van der Waals surface area contributed by atoms with Crippen molar-refractivity contribution >= 4 is 5.57 Å². The van der Waals surface area contributed by atoms with Crippen LogP contribution in [0.3, 0.4) is 0 Å². The minimum atomic E-state index is -0.670. The van der Waals surface area contributed by atoms with Gasteiger partial charge in [0.1, 0.15) is 0 Å². The Bertz CT molecular complexity index is 499. The highest BCUT2D eigenvalue weighted by Crippen LogP contribution is 2.26. The van der Waals surface area contributed by atoms with Gasteiger partial charge in [0.25, 0.3) is 6.04 Å². The highest BCUT2D eigenvalue weighted by Gasteiger charge is 2.37. The van der Waals surface area contributed by atoms with Crippen LogP contribution in [-0.4, -0.2) is 53.2 Å². The van der Waals surface area contributed by atoms with Crippen LogP contribution in [0.4, 0.5) is 0 Å². The molecular formula is C13H15N3O3. The lowest BCUT2D eigenvalue weighted by Gasteiger charge is -2.39. The third kappa shape index (κ3) is 2.36. The number of rotatable bonds is 3. The third-order valence-electron chi connectivity index (χ3n) is 3.72. The monoisotopic (exact) mass is 261 g/mol. The summed E-state index contributed by atoms with van der Waals surface area (Å²) in [5.74, 6) is 0. The maximum absolute atomic E-state index is 11.3. The molecule has 3 heterocycles. The number of ether oxygens (including phenoxy) is 1. The van der Waals surface area contributed by atoms with Crippen molar-refractivity contribution in [1.29, 1.82) is 0 Å². The molecule has 2 aliphatic heterocycles. The van der Waals surface area contributed by atoms with Crippen molar-refractivity contribution in [3.63, 3.8) is 0 Å². The molecule has 0 bridgehead atoms. The maximum Gasteiger partial charge on any atom is 0.250 e. The van der Waals surface area contributed by atoms with E-state index in [1.807, 2.05) is 18.2 Å². The Morgan fingerprint density at radius 1 is 1.37 bits per heavy atom. The van der Waals surface area contributed by atoms with Gasteiger partial charge in [0, 0.05) is 29.4 Å². The summed E-state index contributed by atoms with van der Waals surface area (Å²) in [7, 11) is 0. The normalized spacial score (nSPS) is 24.6. The first kappa shape index (κ1) is 12.3. The van der Waals surface area contributed by atoms with Gasteiger partial charge in [-0.05, 0) is 17.7 Å². The molecule has 100 valence electrons. The zero-order valence-electron chi connectivity index (χ0n) is 10.4. The Balaban J connectivity index is 1.85. The lowest BCUT2D eigenvalue weighted by Crippen LogP contribution is -2.54. The fraction of sp³-hybridized carbons (Fsp3) is 0.462. The van der Waals surface area contributed by atoms with Gasteiger partial charge in [0.2, 0.25) is 0 Å². The van der Waals surface area contributed by atoms with E-state index >= 15 is 0 Å². The van der Waals surface area contributed by atoms with E-state index in [9.17, 15) is 10.1 Å². The molecule has 0 amide bonds. The van der Waals surface area contributed by atoms with Gasteiger partial charge in [-0.2, -0.15) is 0 Å². The molecule has 1 fully saturated rings. The quantitative estimate of drug-likeness (QED) is 0.595. The topological polar surface area (TPSA) is 68.5 Å². The van der Waals surface area contributed by atoms with Gasteiger partial charge in [-0.1, -0.05) is 6.08 Å². The molecule has 6 nitrogen and oxygen atoms in total. The summed E-state index contributed by atoms with van der Waals surface area (Å²) in [4.78, 5) is 17.2. The first-order chi connectivity index (χ1) is 9.25. The third-order valence-corrected chi connectivity index (χ3v) is 3.72. The highest BCUT2D eigenvalue weighted by molar-refractivity contribution is 5.69. The van der Waals surface area contributed by atoms with E-state index in [4.69, 9.17) is 4.74 Å². The minimum Gasteiger partial charge on any atom is -0.378 e. The molecule has 0 aliphatic carbocycles. The molecule has 2 aliphatic rings. The zero-order chi connectivity index (χ0) is 13.2. The first-order valence-electron chi connectivity index (χ1n) is 6.31. The van der Waals surface area contributed by atoms with Gasteiger partial charge in [0.05, 0.1) is 25.8 Å². The molecule has 1 saturated heterocycles. The van der Waals surface area contributed by atoms with Gasteiger partial charge in [-0.15, -0.1) is 0 Å². The van der Waals surface area contributed by atoms with E-state index in [0.717, 1.165) is 17.7 Å². The second kappa shape index (κ2) is 5.07. The summed E-state index contributed by atoms with van der Waals surface area (Å²) in [6.45, 7) is 2.57. The van der Waals surface area contributed by atoms with Crippen molar-refractivity contribution < 1.29 is 9.66 Å². The molecule has 0 radical (unpaired) electrons. The molecule has 1 unspecified atom stereocenters. The molecule has 6 heteroatoms. The Kier molecular flexibility index (Phi) is 3.27. The van der Waals surface area contributed by atoms with E-state index in [1.54, 1.807) is 12.4 Å². The SMILES string of the molecule is O=[N+]([O-])C1CN(C2COC2)CC=C1c1ccncc1. The summed E-state index contributed by atoms with van der Waals surface area (Å²) in [5, 5.41) is 11.3. The van der Waals surface area contributed by atoms with Crippen LogP contribution in [0, 0.1) is 10.1 Å². The Labute approximate surface area is 110 Å². The summed E-state index contributed by atoms with van der Waals surface area (Å²) in [6.07, 6.45) is 5.29. The lowest BCUT2D eigenvalue weighted by molar-refractivity contribution is -0.507. The molecule has 19 heavy (non-hydrogen) atoms. The van der Waals surface area contributed by atoms with Crippen molar-refractivity contribution in [3.8, 4) is 0 Å². The predicted molar refractivity (Wildman–Crippen MR) is 69.2 cm³/mol. The lowest BCUT2D eigenvalue weighted by atomic mass is 9.95. The van der Waals surface area contributed by atoms with E-state index in [-0.39, 0.29) is 4.92 Å². The van der Waals surface area contributed by atoms with E-state index < -0.39 is 6.04 Å². The Hall–Kier alpha value is -1.79. The average Bonchev–Trinajstić information content (AvgIpc) is 2.37. The Morgan fingerprint density at radius 3 is 2.68 bits per heavy atom. The van der Waals surface area contributed by atoms with Crippen LogP contribution in [0.25, 0.3) is 5.57 Å². The van der Waals surface area contributed by atoms with Crippen LogP contribution in [0.2, 0.25) is 0 Å². The van der Waals surface area contributed by atoms with Crippen LogP contribution in [0.5, 0.6) is 0 Å². The largest absolute Gasteiger partial charge is 0.378 e. The molecule has 0 spiro atoms. The minimum absolute atomic E-state index is 0.196. The predicted octanol–water partition coefficient (Wildman–Crippen LogP) is 0.825. The summed E-state index contributed by atoms with van der Waals surface area (Å²) >= 11 is 0. The molecule has 3 rings (SSSR count). The van der Waals surface area contributed by atoms with Crippen molar-refractivity contribution in [3.05, 3.63) is 46.3 Å². The average molecular weight is 261 g/mol. The number of hydrogen-bond acceptors (Lipinski definition) is 5. The maximum atomic E-state index is 11.3. The molecule has 0 aromatic carbocycles. The zero-order valence-corrected chi connectivity index (χ0v) is 10.4. The second-order valence-corrected chi connectivity index (χ2v) is 4.84. The molecule has 0 saturated carbocycles. The van der Waals surface area contributed by atoms with Gasteiger partial charge in [-0.3, -0.25) is 20.0 Å². The van der Waals surface area contributed by atoms with Crippen LogP contribution in [0.1, 0.15) is 5.56 Å². The van der Waals surface area contributed by atoms with Crippen molar-refractivity contribution in [2.45, 2.75) is 12.1 Å². The number of pyridine rings is 1. The van der Waals surface area contributed by atoms with Gasteiger partial charge in [0.15, 0.2) is 0 Å².